The molecule has 0 saturated carbocycles. The molecular weight excluding hydrogens is 252 g/mol. The van der Waals surface area contributed by atoms with Crippen molar-refractivity contribution in [2.75, 3.05) is 0 Å². The smallest absolute Gasteiger partial charge is 0.0132 e. The summed E-state index contributed by atoms with van der Waals surface area (Å²) in [4.78, 5) is 0. The van der Waals surface area contributed by atoms with E-state index in [4.69, 9.17) is 0 Å². The number of hydrogen-bond donors (Lipinski definition) is 0. The lowest BCUT2D eigenvalue weighted by atomic mass is 9.87. The normalized spacial score (nSPS) is 9.00. The number of hydrogen-bond acceptors (Lipinski definition) is 0. The molecule has 0 heteroatoms. The summed E-state index contributed by atoms with van der Waals surface area (Å²) >= 11 is 0. The largest absolute Gasteiger partial charge is 0.100 e. The molecule has 0 aliphatic rings. The van der Waals surface area contributed by atoms with Crippen LogP contribution in [-0.2, 0) is 5.41 Å². The maximum atomic E-state index is 3.56. The van der Waals surface area contributed by atoms with Crippen LogP contribution in [0.4, 0.5) is 0 Å². The van der Waals surface area contributed by atoms with E-state index >= 15 is 0 Å². The Kier molecular flexibility index (Phi) is 12.2. The number of benzene rings is 2. The Morgan fingerprint density at radius 3 is 1.14 bits per heavy atom. The van der Waals surface area contributed by atoms with Crippen molar-refractivity contribution in [3.05, 3.63) is 84.4 Å². The second kappa shape index (κ2) is 12.0. The molecule has 2 aromatic rings. The van der Waals surface area contributed by atoms with Crippen molar-refractivity contribution in [3.8, 4) is 0 Å². The molecule has 0 N–H and O–H groups in total. The molecule has 0 fully saturated rings. The monoisotopic (exact) mass is 284 g/mol. The van der Waals surface area contributed by atoms with Crippen molar-refractivity contribution in [2.24, 2.45) is 0 Å². The average molecular weight is 284 g/mol. The molecule has 0 aromatic heterocycles. The molecule has 0 aliphatic carbocycles. The molecule has 0 radical (unpaired) electrons. The van der Waals surface area contributed by atoms with Crippen LogP contribution in [0.25, 0.3) is 0 Å². The van der Waals surface area contributed by atoms with Gasteiger partial charge < -0.3 is 0 Å². The summed E-state index contributed by atoms with van der Waals surface area (Å²) in [6.07, 6.45) is 0. The van der Waals surface area contributed by atoms with Gasteiger partial charge in [-0.25, -0.2) is 0 Å². The summed E-state index contributed by atoms with van der Waals surface area (Å²) in [6, 6.07) is 22.6. The summed E-state index contributed by atoms with van der Waals surface area (Å²) in [6.45, 7) is 14.2. The van der Waals surface area contributed by atoms with Crippen LogP contribution >= 0.6 is 0 Å². The van der Waals surface area contributed by atoms with Crippen LogP contribution in [0.5, 0.6) is 0 Å². The lowest BCUT2D eigenvalue weighted by Crippen LogP contribution is -2.10. The predicted octanol–water partition coefficient (Wildman–Crippen LogP) is 6.89. The molecule has 0 saturated heterocycles. The van der Waals surface area contributed by atoms with Gasteiger partial charge in [0, 0.05) is 0 Å². The minimum absolute atomic E-state index is 0. The highest BCUT2D eigenvalue weighted by atomic mass is 14.2. The van der Waals surface area contributed by atoms with Crippen LogP contribution in [0.15, 0.2) is 78.9 Å². The van der Waals surface area contributed by atoms with E-state index in [9.17, 15) is 0 Å². The highest BCUT2D eigenvalue weighted by Gasteiger charge is 2.11. The first kappa shape index (κ1) is 21.5. The fourth-order valence-corrected chi connectivity index (χ4v) is 1.32. The average Bonchev–Trinajstić information content (AvgIpc) is 2.41. The first-order valence-corrected chi connectivity index (χ1v) is 7.01. The Balaban J connectivity index is 0. The molecule has 0 spiro atoms. The molecular formula is C21H32. The van der Waals surface area contributed by atoms with Crippen LogP contribution < -0.4 is 0 Å². The van der Waals surface area contributed by atoms with Gasteiger partial charge in [0.15, 0.2) is 0 Å². The van der Waals surface area contributed by atoms with Gasteiger partial charge >= 0.3 is 0 Å². The minimum Gasteiger partial charge on any atom is -0.100 e. The highest BCUT2D eigenvalue weighted by molar-refractivity contribution is 5.21. The van der Waals surface area contributed by atoms with Gasteiger partial charge in [-0.2, -0.15) is 0 Å². The molecule has 0 atom stereocenters. The van der Waals surface area contributed by atoms with E-state index in [2.05, 4.69) is 57.7 Å². The Bertz CT molecular complexity index is 416. The topological polar surface area (TPSA) is 0 Å². The molecule has 0 nitrogen and oxygen atoms in total. The van der Waals surface area contributed by atoms with Gasteiger partial charge in [0.05, 0.1) is 0 Å². The van der Waals surface area contributed by atoms with E-state index in [1.807, 2.05) is 50.2 Å². The van der Waals surface area contributed by atoms with E-state index in [1.165, 1.54) is 11.1 Å². The first-order valence-electron chi connectivity index (χ1n) is 7.01. The van der Waals surface area contributed by atoms with Crippen molar-refractivity contribution in [3.63, 3.8) is 0 Å². The Morgan fingerprint density at radius 2 is 0.952 bits per heavy atom. The SMILES string of the molecule is C.C=C(C)C.CC(C)(C)c1ccccc1.c1ccccc1. The van der Waals surface area contributed by atoms with Crippen molar-refractivity contribution < 1.29 is 0 Å². The van der Waals surface area contributed by atoms with E-state index in [0.717, 1.165) is 0 Å². The maximum absolute atomic E-state index is 3.56. The molecule has 0 heterocycles. The third-order valence-electron chi connectivity index (χ3n) is 2.31. The van der Waals surface area contributed by atoms with Gasteiger partial charge in [0.2, 0.25) is 0 Å². The minimum atomic E-state index is 0. The van der Waals surface area contributed by atoms with Gasteiger partial charge in [-0.3, -0.25) is 0 Å². The maximum Gasteiger partial charge on any atom is -0.0132 e. The Hall–Kier alpha value is -1.82. The van der Waals surface area contributed by atoms with Crippen molar-refractivity contribution in [1.82, 2.24) is 0 Å². The lowest BCUT2D eigenvalue weighted by Gasteiger charge is -2.18. The van der Waals surface area contributed by atoms with Crippen molar-refractivity contribution in [2.45, 2.75) is 47.5 Å². The number of rotatable bonds is 0. The van der Waals surface area contributed by atoms with Crippen LogP contribution in [0, 0.1) is 0 Å². The molecule has 0 unspecified atom stereocenters. The van der Waals surface area contributed by atoms with Gasteiger partial charge in [0.25, 0.3) is 0 Å². The van der Waals surface area contributed by atoms with E-state index in [-0.39, 0.29) is 7.43 Å². The fourth-order valence-electron chi connectivity index (χ4n) is 1.32. The zero-order valence-corrected chi connectivity index (χ0v) is 13.6. The zero-order chi connectivity index (χ0) is 15.4. The quantitative estimate of drug-likeness (QED) is 0.462. The van der Waals surface area contributed by atoms with Crippen molar-refractivity contribution in [1.29, 1.82) is 0 Å². The zero-order valence-electron chi connectivity index (χ0n) is 13.6. The van der Waals surface area contributed by atoms with E-state index in [1.54, 1.807) is 0 Å². The number of allylic oxidation sites excluding steroid dienone is 1. The fraction of sp³-hybridized carbons (Fsp3) is 0.333. The van der Waals surface area contributed by atoms with E-state index < -0.39 is 0 Å². The van der Waals surface area contributed by atoms with Crippen LogP contribution in [0.2, 0.25) is 0 Å². The van der Waals surface area contributed by atoms with Gasteiger partial charge in [-0.15, -0.1) is 6.58 Å². The Labute approximate surface area is 132 Å². The first-order chi connectivity index (χ1) is 9.34. The molecule has 21 heavy (non-hydrogen) atoms. The summed E-state index contributed by atoms with van der Waals surface area (Å²) < 4.78 is 0. The third kappa shape index (κ3) is 14.4. The van der Waals surface area contributed by atoms with Crippen LogP contribution in [-0.4, -0.2) is 0 Å². The Morgan fingerprint density at radius 1 is 0.714 bits per heavy atom. The second-order valence-electron chi connectivity index (χ2n) is 5.98. The summed E-state index contributed by atoms with van der Waals surface area (Å²) in [5, 5.41) is 0. The van der Waals surface area contributed by atoms with Crippen LogP contribution in [0.3, 0.4) is 0 Å². The molecule has 0 aliphatic heterocycles. The standard InChI is InChI=1S/C10H14.C6H6.C4H8.CH4/c1-10(2,3)9-7-5-4-6-8-9;1-2-4-6-5-3-1;1-4(2)3;/h4-8H,1-3H3;1-6H;1H2,2-3H3;1H4. The van der Waals surface area contributed by atoms with Gasteiger partial charge in [-0.05, 0) is 24.8 Å². The highest BCUT2D eigenvalue weighted by Crippen LogP contribution is 2.20. The molecule has 2 aromatic carbocycles. The molecule has 0 bridgehead atoms. The van der Waals surface area contributed by atoms with Crippen molar-refractivity contribution >= 4 is 0 Å². The van der Waals surface area contributed by atoms with E-state index in [0.29, 0.717) is 5.41 Å². The van der Waals surface area contributed by atoms with Gasteiger partial charge in [-0.1, -0.05) is 101 Å². The summed E-state index contributed by atoms with van der Waals surface area (Å²) in [7, 11) is 0. The summed E-state index contributed by atoms with van der Waals surface area (Å²) in [5.74, 6) is 0. The van der Waals surface area contributed by atoms with Gasteiger partial charge in [0.1, 0.15) is 0 Å². The lowest BCUT2D eigenvalue weighted by molar-refractivity contribution is 0.590. The third-order valence-corrected chi connectivity index (χ3v) is 2.31. The second-order valence-corrected chi connectivity index (χ2v) is 5.98. The predicted molar refractivity (Wildman–Crippen MR) is 98.8 cm³/mol. The molecule has 2 rings (SSSR count). The molecule has 0 amide bonds. The summed E-state index contributed by atoms with van der Waals surface area (Å²) in [5.41, 5.74) is 2.86. The van der Waals surface area contributed by atoms with Crippen LogP contribution in [0.1, 0.15) is 47.6 Å². The molecule has 116 valence electrons.